The van der Waals surface area contributed by atoms with Crippen molar-refractivity contribution in [1.29, 1.82) is 0 Å². The second kappa shape index (κ2) is 6.62. The molecule has 4 nitrogen and oxygen atoms in total. The van der Waals surface area contributed by atoms with Crippen LogP contribution in [0.3, 0.4) is 0 Å². The molecule has 0 aliphatic rings. The Labute approximate surface area is 140 Å². The topological polar surface area (TPSA) is 43.6 Å². The molecule has 2 aromatic rings. The molecule has 0 radical (unpaired) electrons. The Hall–Kier alpha value is -1.01. The first-order valence-electron chi connectivity index (χ1n) is 7.33. The summed E-state index contributed by atoms with van der Waals surface area (Å²) in [6, 6.07) is 3.92. The Morgan fingerprint density at radius 2 is 1.86 bits per heavy atom. The molecule has 6 heteroatoms. The molecule has 0 aliphatic heterocycles. The first-order chi connectivity index (χ1) is 10.2. The van der Waals surface area contributed by atoms with E-state index < -0.39 is 0 Å². The Kier molecular flexibility index (Phi) is 5.22. The quantitative estimate of drug-likeness (QED) is 0.732. The van der Waals surface area contributed by atoms with E-state index in [-0.39, 0.29) is 4.75 Å². The van der Waals surface area contributed by atoms with Gasteiger partial charge < -0.3 is 4.57 Å². The van der Waals surface area contributed by atoms with Crippen LogP contribution in [0.4, 0.5) is 0 Å². The molecule has 0 bridgehead atoms. The number of hydrogen-bond donors (Lipinski definition) is 0. The van der Waals surface area contributed by atoms with Crippen molar-refractivity contribution in [3.63, 3.8) is 0 Å². The van der Waals surface area contributed by atoms with Crippen LogP contribution in [0.2, 0.25) is 0 Å². The van der Waals surface area contributed by atoms with Crippen molar-refractivity contribution in [1.82, 2.24) is 19.7 Å². The molecule has 2 rings (SSSR count). The molecule has 0 saturated heterocycles. The predicted octanol–water partition coefficient (Wildman–Crippen LogP) is 4.83. The molecule has 0 amide bonds. The molecule has 0 saturated carbocycles. The van der Waals surface area contributed by atoms with Crippen LogP contribution in [-0.4, -0.2) is 24.5 Å². The van der Waals surface area contributed by atoms with Gasteiger partial charge in [-0.1, -0.05) is 31.6 Å². The van der Waals surface area contributed by atoms with E-state index in [1.807, 2.05) is 40.7 Å². The number of hydrogen-bond acceptors (Lipinski definition) is 5. The van der Waals surface area contributed by atoms with Crippen LogP contribution in [-0.2, 0) is 7.05 Å². The van der Waals surface area contributed by atoms with Gasteiger partial charge in [-0.15, -0.1) is 10.2 Å². The summed E-state index contributed by atoms with van der Waals surface area (Å²) in [5.41, 5.74) is 1.31. The number of pyridine rings is 1. The molecule has 2 heterocycles. The molecule has 120 valence electrons. The maximum absolute atomic E-state index is 4.32. The summed E-state index contributed by atoms with van der Waals surface area (Å²) >= 11 is 0. The largest absolute Gasteiger partial charge is 0.304 e. The lowest BCUT2D eigenvalue weighted by molar-refractivity contribution is 0.340. The molecular formula is C16H24N4S2. The van der Waals surface area contributed by atoms with Gasteiger partial charge in [0.1, 0.15) is 0 Å². The Morgan fingerprint density at radius 1 is 1.14 bits per heavy atom. The lowest BCUT2D eigenvalue weighted by Gasteiger charge is -2.31. The van der Waals surface area contributed by atoms with Gasteiger partial charge in [0.15, 0.2) is 5.82 Å². The highest BCUT2D eigenvalue weighted by molar-refractivity contribution is 8.77. The minimum Gasteiger partial charge on any atom is -0.304 e. The molecular weight excluding hydrogens is 312 g/mol. The first-order valence-corrected chi connectivity index (χ1v) is 9.48. The molecule has 0 spiro atoms. The van der Waals surface area contributed by atoms with E-state index >= 15 is 0 Å². The van der Waals surface area contributed by atoms with E-state index in [4.69, 9.17) is 0 Å². The number of aromatic nitrogens is 4. The van der Waals surface area contributed by atoms with E-state index in [0.29, 0.717) is 5.41 Å². The third-order valence-electron chi connectivity index (χ3n) is 3.05. The van der Waals surface area contributed by atoms with E-state index in [2.05, 4.69) is 49.8 Å². The highest BCUT2D eigenvalue weighted by Gasteiger charge is 2.27. The summed E-state index contributed by atoms with van der Waals surface area (Å²) in [6.07, 6.45) is 4.72. The normalized spacial score (nSPS) is 12.6. The zero-order valence-electron chi connectivity index (χ0n) is 14.1. The fourth-order valence-electron chi connectivity index (χ4n) is 2.59. The van der Waals surface area contributed by atoms with Crippen molar-refractivity contribution >= 4 is 21.6 Å². The number of nitrogens with zero attached hydrogens (tertiary/aromatic N) is 4. The van der Waals surface area contributed by atoms with E-state index in [0.717, 1.165) is 23.0 Å². The lowest BCUT2D eigenvalue weighted by Crippen LogP contribution is -2.22. The van der Waals surface area contributed by atoms with Crippen molar-refractivity contribution in [2.24, 2.45) is 12.5 Å². The van der Waals surface area contributed by atoms with Crippen molar-refractivity contribution in [3.8, 4) is 11.4 Å². The summed E-state index contributed by atoms with van der Waals surface area (Å²) < 4.78 is 2.21. The molecule has 2 aromatic heterocycles. The van der Waals surface area contributed by atoms with Gasteiger partial charge >= 0.3 is 0 Å². The van der Waals surface area contributed by atoms with Gasteiger partial charge in [-0.05, 0) is 48.6 Å². The van der Waals surface area contributed by atoms with Gasteiger partial charge in [0.25, 0.3) is 0 Å². The standard InChI is InChI=1S/C16H24N4S2/c1-15(2,3)11-16(4,5)22-21-14-19-18-13(20(14)6)12-8-7-9-17-10-12/h7-10H,11H2,1-6H3. The van der Waals surface area contributed by atoms with E-state index in [9.17, 15) is 0 Å². The molecule has 0 aliphatic carbocycles. The maximum Gasteiger partial charge on any atom is 0.201 e. The fraction of sp³-hybridized carbons (Fsp3) is 0.562. The van der Waals surface area contributed by atoms with Crippen molar-refractivity contribution in [2.75, 3.05) is 0 Å². The summed E-state index contributed by atoms with van der Waals surface area (Å²) in [7, 11) is 5.56. The second-order valence-corrected chi connectivity index (χ2v) is 10.1. The van der Waals surface area contributed by atoms with Crippen LogP contribution in [0.15, 0.2) is 29.7 Å². The van der Waals surface area contributed by atoms with Gasteiger partial charge in [-0.2, -0.15) is 0 Å². The first kappa shape index (κ1) is 17.3. The van der Waals surface area contributed by atoms with Crippen LogP contribution in [0.5, 0.6) is 0 Å². The molecule has 0 fully saturated rings. The Bertz CT molecular complexity index is 615. The van der Waals surface area contributed by atoms with Gasteiger partial charge in [0.2, 0.25) is 5.16 Å². The third kappa shape index (κ3) is 4.74. The summed E-state index contributed by atoms with van der Waals surface area (Å²) in [5, 5.41) is 9.54. The fourth-order valence-corrected chi connectivity index (χ4v) is 5.17. The minimum atomic E-state index is 0.184. The van der Waals surface area contributed by atoms with E-state index in [1.54, 1.807) is 17.0 Å². The van der Waals surface area contributed by atoms with E-state index in [1.165, 1.54) is 0 Å². The van der Waals surface area contributed by atoms with Crippen LogP contribution in [0, 0.1) is 5.41 Å². The zero-order valence-corrected chi connectivity index (χ0v) is 15.8. The summed E-state index contributed by atoms with van der Waals surface area (Å²) in [5.74, 6) is 0.852. The van der Waals surface area contributed by atoms with Crippen LogP contribution in [0.1, 0.15) is 41.0 Å². The lowest BCUT2D eigenvalue weighted by atomic mass is 9.86. The third-order valence-corrected chi connectivity index (χ3v) is 6.29. The molecule has 0 aromatic carbocycles. The number of rotatable bonds is 5. The average molecular weight is 337 g/mol. The predicted molar refractivity (Wildman–Crippen MR) is 95.8 cm³/mol. The highest BCUT2D eigenvalue weighted by Crippen LogP contribution is 2.45. The van der Waals surface area contributed by atoms with Crippen LogP contribution >= 0.6 is 21.6 Å². The SMILES string of the molecule is Cn1c(SSC(C)(C)CC(C)(C)C)nnc1-c1cccnc1. The maximum atomic E-state index is 4.32. The molecule has 0 atom stereocenters. The zero-order chi connectivity index (χ0) is 16.4. The van der Waals surface area contributed by atoms with Crippen molar-refractivity contribution < 1.29 is 0 Å². The second-order valence-electron chi connectivity index (χ2n) is 7.27. The Balaban J connectivity index is 2.08. The molecule has 22 heavy (non-hydrogen) atoms. The van der Waals surface area contributed by atoms with Crippen molar-refractivity contribution in [3.05, 3.63) is 24.5 Å². The Morgan fingerprint density at radius 3 is 2.45 bits per heavy atom. The van der Waals surface area contributed by atoms with Gasteiger partial charge in [-0.3, -0.25) is 4.98 Å². The highest BCUT2D eigenvalue weighted by atomic mass is 33.1. The summed E-state index contributed by atoms with van der Waals surface area (Å²) in [4.78, 5) is 4.14. The van der Waals surface area contributed by atoms with Gasteiger partial charge in [0.05, 0.1) is 0 Å². The molecule has 0 N–H and O–H groups in total. The monoisotopic (exact) mass is 336 g/mol. The molecule has 0 unspecified atom stereocenters. The average Bonchev–Trinajstić information content (AvgIpc) is 2.76. The minimum absolute atomic E-state index is 0.184. The van der Waals surface area contributed by atoms with Crippen LogP contribution < -0.4 is 0 Å². The smallest absolute Gasteiger partial charge is 0.201 e. The van der Waals surface area contributed by atoms with Crippen LogP contribution in [0.25, 0.3) is 11.4 Å². The van der Waals surface area contributed by atoms with Crippen molar-refractivity contribution in [2.45, 2.75) is 50.9 Å². The van der Waals surface area contributed by atoms with Gasteiger partial charge in [-0.25, -0.2) is 0 Å². The summed E-state index contributed by atoms with van der Waals surface area (Å²) in [6.45, 7) is 11.4. The van der Waals surface area contributed by atoms with Gasteiger partial charge in [0, 0.05) is 29.8 Å².